The molecule has 24 heavy (non-hydrogen) atoms. The smallest absolute Gasteiger partial charge is 0.189 e. The van der Waals surface area contributed by atoms with E-state index in [1.54, 1.807) is 24.5 Å². The normalized spacial score (nSPS) is 10.9. The van der Waals surface area contributed by atoms with Crippen LogP contribution in [0.5, 0.6) is 0 Å². The minimum absolute atomic E-state index is 0.545. The minimum atomic E-state index is 0.545. The van der Waals surface area contributed by atoms with E-state index in [1.165, 1.54) is 0 Å². The van der Waals surface area contributed by atoms with E-state index in [-0.39, 0.29) is 0 Å². The summed E-state index contributed by atoms with van der Waals surface area (Å²) in [5.74, 6) is 0. The number of hydrazone groups is 1. The van der Waals surface area contributed by atoms with E-state index in [1.807, 2.05) is 54.6 Å². The zero-order valence-electron chi connectivity index (χ0n) is 13.3. The molecule has 0 saturated heterocycles. The summed E-state index contributed by atoms with van der Waals surface area (Å²) in [5.41, 5.74) is 3.56. The minimum Gasteiger partial charge on any atom is -0.357 e. The highest BCUT2D eigenvalue weighted by atomic mass is 32.1. The van der Waals surface area contributed by atoms with Crippen molar-refractivity contribution in [3.63, 3.8) is 0 Å². The zero-order chi connectivity index (χ0) is 16.8. The van der Waals surface area contributed by atoms with Crippen molar-refractivity contribution in [2.24, 2.45) is 5.10 Å². The maximum absolute atomic E-state index is 5.33. The highest BCUT2D eigenvalue weighted by Crippen LogP contribution is 2.07. The third kappa shape index (κ3) is 4.11. The molecule has 0 amide bonds. The van der Waals surface area contributed by atoms with Crippen molar-refractivity contribution in [3.8, 4) is 0 Å². The van der Waals surface area contributed by atoms with Gasteiger partial charge in [0.25, 0.3) is 0 Å². The molecule has 3 aromatic rings. The van der Waals surface area contributed by atoms with E-state index in [2.05, 4.69) is 20.4 Å². The molecule has 3 rings (SSSR count). The molecule has 1 heterocycles. The fourth-order valence-corrected chi connectivity index (χ4v) is 2.24. The Morgan fingerprint density at radius 1 is 1.12 bits per heavy atom. The lowest BCUT2D eigenvalue weighted by Crippen LogP contribution is -2.33. The molecule has 0 fully saturated rings. The average molecular weight is 335 g/mol. The van der Waals surface area contributed by atoms with Crippen molar-refractivity contribution in [3.05, 3.63) is 72.1 Å². The van der Waals surface area contributed by atoms with Crippen molar-refractivity contribution in [1.82, 2.24) is 20.3 Å². The van der Waals surface area contributed by atoms with E-state index in [9.17, 15) is 0 Å². The van der Waals surface area contributed by atoms with Crippen LogP contribution in [0.15, 0.2) is 65.9 Å². The van der Waals surface area contributed by atoms with Crippen LogP contribution < -0.4 is 5.32 Å². The fraction of sp³-hybridized carbons (Fsp3) is 0.111. The van der Waals surface area contributed by atoms with Gasteiger partial charge in [-0.25, -0.2) is 9.99 Å². The Morgan fingerprint density at radius 3 is 2.62 bits per heavy atom. The van der Waals surface area contributed by atoms with Crippen molar-refractivity contribution in [1.29, 1.82) is 0 Å². The molecular formula is C18H17N5S. The Morgan fingerprint density at radius 2 is 1.83 bits per heavy atom. The van der Waals surface area contributed by atoms with Gasteiger partial charge in [-0.3, -0.25) is 4.98 Å². The van der Waals surface area contributed by atoms with Crippen LogP contribution in [0.2, 0.25) is 0 Å². The average Bonchev–Trinajstić information content (AvgIpc) is 2.64. The van der Waals surface area contributed by atoms with Gasteiger partial charge in [0.05, 0.1) is 23.4 Å². The van der Waals surface area contributed by atoms with Crippen LogP contribution in [-0.2, 0) is 6.54 Å². The Kier molecular flexibility index (Phi) is 5.08. The number of thiocarbonyl (C=S) groups is 1. The summed E-state index contributed by atoms with van der Waals surface area (Å²) < 4.78 is 0. The van der Waals surface area contributed by atoms with Gasteiger partial charge in [-0.05, 0) is 29.9 Å². The van der Waals surface area contributed by atoms with Gasteiger partial charge in [-0.1, -0.05) is 42.5 Å². The number of hydrogen-bond donors (Lipinski definition) is 1. The van der Waals surface area contributed by atoms with Crippen LogP contribution >= 0.6 is 12.2 Å². The molecule has 120 valence electrons. The first kappa shape index (κ1) is 16.0. The lowest BCUT2D eigenvalue weighted by Gasteiger charge is -2.15. The number of aromatic nitrogens is 2. The van der Waals surface area contributed by atoms with Gasteiger partial charge in [0.15, 0.2) is 5.11 Å². The van der Waals surface area contributed by atoms with Crippen LogP contribution in [0.4, 0.5) is 0 Å². The van der Waals surface area contributed by atoms with Crippen LogP contribution in [0.1, 0.15) is 11.3 Å². The molecular weight excluding hydrogens is 318 g/mol. The van der Waals surface area contributed by atoms with E-state index in [4.69, 9.17) is 12.2 Å². The fourth-order valence-electron chi connectivity index (χ4n) is 2.12. The van der Waals surface area contributed by atoms with Gasteiger partial charge >= 0.3 is 0 Å². The van der Waals surface area contributed by atoms with Gasteiger partial charge in [-0.2, -0.15) is 5.10 Å². The summed E-state index contributed by atoms with van der Waals surface area (Å²) in [5, 5.41) is 9.64. The van der Waals surface area contributed by atoms with Gasteiger partial charge in [0.2, 0.25) is 0 Å². The summed E-state index contributed by atoms with van der Waals surface area (Å²) in [7, 11) is 1.80. The van der Waals surface area contributed by atoms with Crippen molar-refractivity contribution < 1.29 is 0 Å². The molecule has 0 saturated carbocycles. The summed E-state index contributed by atoms with van der Waals surface area (Å²) in [6.07, 6.45) is 3.34. The molecule has 0 aliphatic rings. The summed E-state index contributed by atoms with van der Waals surface area (Å²) in [6, 6.07) is 17.8. The largest absolute Gasteiger partial charge is 0.357 e. The maximum atomic E-state index is 5.33. The molecule has 2 aromatic carbocycles. The number of nitrogens with zero attached hydrogens (tertiary/aromatic N) is 4. The predicted molar refractivity (Wildman–Crippen MR) is 101 cm³/mol. The lowest BCUT2D eigenvalue weighted by atomic mass is 10.2. The summed E-state index contributed by atoms with van der Waals surface area (Å²) in [4.78, 5) is 8.86. The molecule has 6 heteroatoms. The topological polar surface area (TPSA) is 53.4 Å². The molecule has 0 aliphatic heterocycles. The van der Waals surface area contributed by atoms with E-state index in [0.717, 1.165) is 16.6 Å². The third-order valence-electron chi connectivity index (χ3n) is 3.41. The first-order valence-corrected chi connectivity index (χ1v) is 7.94. The number of para-hydroxylation sites is 2. The Hall–Kier alpha value is -2.86. The molecule has 0 unspecified atom stereocenters. The summed E-state index contributed by atoms with van der Waals surface area (Å²) in [6.45, 7) is 0.662. The van der Waals surface area contributed by atoms with Crippen molar-refractivity contribution in [2.45, 2.75) is 6.54 Å². The van der Waals surface area contributed by atoms with Crippen LogP contribution in [0.25, 0.3) is 11.0 Å². The second-order valence-electron chi connectivity index (χ2n) is 5.20. The summed E-state index contributed by atoms with van der Waals surface area (Å²) >= 11 is 5.33. The Balaban J connectivity index is 1.61. The molecule has 5 nitrogen and oxygen atoms in total. The zero-order valence-corrected chi connectivity index (χ0v) is 14.1. The Bertz CT molecular complexity index is 863. The Labute approximate surface area is 146 Å². The number of benzene rings is 2. The molecule has 0 radical (unpaired) electrons. The van der Waals surface area contributed by atoms with Gasteiger partial charge < -0.3 is 5.32 Å². The van der Waals surface area contributed by atoms with Crippen LogP contribution in [0, 0.1) is 0 Å². The molecule has 1 aromatic heterocycles. The molecule has 0 atom stereocenters. The highest BCUT2D eigenvalue weighted by Gasteiger charge is 2.02. The standard InChI is InChI=1S/C18H17N5S/c1-23(18(24)20-11-14-7-3-2-4-8-14)21-13-15-12-19-16-9-5-6-10-17(16)22-15/h2-10,12-13H,11H2,1H3,(H,20,24)/b21-13-. The second kappa shape index (κ2) is 7.61. The predicted octanol–water partition coefficient (Wildman–Crippen LogP) is 2.97. The monoisotopic (exact) mass is 335 g/mol. The highest BCUT2D eigenvalue weighted by molar-refractivity contribution is 7.80. The van der Waals surface area contributed by atoms with E-state index in [0.29, 0.717) is 17.4 Å². The van der Waals surface area contributed by atoms with E-state index < -0.39 is 0 Å². The lowest BCUT2D eigenvalue weighted by molar-refractivity contribution is 0.532. The van der Waals surface area contributed by atoms with Crippen LogP contribution in [0.3, 0.4) is 0 Å². The molecule has 0 aliphatic carbocycles. The number of rotatable bonds is 4. The van der Waals surface area contributed by atoms with Crippen molar-refractivity contribution in [2.75, 3.05) is 7.05 Å². The van der Waals surface area contributed by atoms with Crippen LogP contribution in [-0.4, -0.2) is 33.4 Å². The second-order valence-corrected chi connectivity index (χ2v) is 5.58. The van der Waals surface area contributed by atoms with Gasteiger partial charge in [0.1, 0.15) is 5.69 Å². The molecule has 0 spiro atoms. The molecule has 0 bridgehead atoms. The maximum Gasteiger partial charge on any atom is 0.189 e. The number of nitrogens with one attached hydrogen (secondary N) is 1. The van der Waals surface area contributed by atoms with Crippen molar-refractivity contribution >= 4 is 34.6 Å². The first-order valence-electron chi connectivity index (χ1n) is 7.53. The third-order valence-corrected chi connectivity index (χ3v) is 3.82. The van der Waals surface area contributed by atoms with Gasteiger partial charge in [-0.15, -0.1) is 0 Å². The van der Waals surface area contributed by atoms with Gasteiger partial charge in [0, 0.05) is 13.6 Å². The number of fused-ring (bicyclic) bond motifs is 1. The SMILES string of the molecule is CN(/N=C\c1cnc2ccccc2n1)C(=S)NCc1ccccc1. The number of hydrogen-bond acceptors (Lipinski definition) is 4. The van der Waals surface area contributed by atoms with E-state index >= 15 is 0 Å². The quantitative estimate of drug-likeness (QED) is 0.451. The molecule has 1 N–H and O–H groups in total. The first-order chi connectivity index (χ1) is 11.7.